The monoisotopic (exact) mass is 349 g/mol. The summed E-state index contributed by atoms with van der Waals surface area (Å²) >= 11 is 0. The van der Waals surface area contributed by atoms with E-state index in [0.29, 0.717) is 18.0 Å². The number of hydrogen-bond donors (Lipinski definition) is 1. The third-order valence-corrected chi connectivity index (χ3v) is 5.12. The topological polar surface area (TPSA) is 83.9 Å². The Morgan fingerprint density at radius 1 is 1.08 bits per heavy atom. The normalized spacial score (nSPS) is 11.0. The van der Waals surface area contributed by atoms with Gasteiger partial charge in [-0.2, -0.15) is 0 Å². The van der Waals surface area contributed by atoms with Crippen LogP contribution in [0.4, 0.5) is 5.69 Å². The van der Waals surface area contributed by atoms with Crippen molar-refractivity contribution in [2.24, 2.45) is 0 Å². The number of nitrogens with zero attached hydrogens (tertiary/aromatic N) is 1. The minimum absolute atomic E-state index is 0.0988. The Kier molecular flexibility index (Phi) is 5.81. The minimum Gasteiger partial charge on any atom is -0.492 e. The number of hydrogen-bond acceptors (Lipinski definition) is 4. The number of sulfonamides is 1. The third-order valence-electron chi connectivity index (χ3n) is 3.29. The molecule has 24 heavy (non-hydrogen) atoms. The maximum Gasteiger partial charge on any atom is 0.305 e. The Balaban J connectivity index is 2.51. The van der Waals surface area contributed by atoms with Crippen LogP contribution in [0.25, 0.3) is 0 Å². The van der Waals surface area contributed by atoms with E-state index >= 15 is 0 Å². The lowest BCUT2D eigenvalue weighted by Crippen LogP contribution is -2.33. The maximum atomic E-state index is 13.0. The molecule has 1 N–H and O–H groups in total. The van der Waals surface area contributed by atoms with Gasteiger partial charge in [-0.3, -0.25) is 9.10 Å². The van der Waals surface area contributed by atoms with Crippen molar-refractivity contribution in [3.63, 3.8) is 0 Å². The zero-order chi connectivity index (χ0) is 17.6. The van der Waals surface area contributed by atoms with E-state index in [9.17, 15) is 13.2 Å². The molecule has 7 heteroatoms. The molecule has 0 bridgehead atoms. The highest BCUT2D eigenvalue weighted by atomic mass is 32.2. The first kappa shape index (κ1) is 17.8. The highest BCUT2D eigenvalue weighted by Crippen LogP contribution is 2.32. The fourth-order valence-electron chi connectivity index (χ4n) is 2.23. The molecule has 2 aromatic rings. The van der Waals surface area contributed by atoms with Gasteiger partial charge in [0.1, 0.15) is 5.75 Å². The highest BCUT2D eigenvalue weighted by molar-refractivity contribution is 7.92. The summed E-state index contributed by atoms with van der Waals surface area (Å²) in [6.07, 6.45) is -0.313. The van der Waals surface area contributed by atoms with E-state index < -0.39 is 16.0 Å². The van der Waals surface area contributed by atoms with Crippen molar-refractivity contribution in [2.75, 3.05) is 17.5 Å². The molecular formula is C17H19NO5S. The zero-order valence-electron chi connectivity index (χ0n) is 13.3. The van der Waals surface area contributed by atoms with Crippen LogP contribution in [-0.2, 0) is 14.8 Å². The molecule has 0 aromatic heterocycles. The molecule has 0 aliphatic carbocycles. The lowest BCUT2D eigenvalue weighted by atomic mass is 10.3. The van der Waals surface area contributed by atoms with E-state index in [1.807, 2.05) is 0 Å². The van der Waals surface area contributed by atoms with Crippen molar-refractivity contribution in [1.29, 1.82) is 0 Å². The number of benzene rings is 2. The lowest BCUT2D eigenvalue weighted by Gasteiger charge is -2.25. The zero-order valence-corrected chi connectivity index (χ0v) is 14.1. The van der Waals surface area contributed by atoms with E-state index in [4.69, 9.17) is 9.84 Å². The molecule has 0 heterocycles. The van der Waals surface area contributed by atoms with Crippen LogP contribution in [-0.4, -0.2) is 32.6 Å². The maximum absolute atomic E-state index is 13.0. The lowest BCUT2D eigenvalue weighted by molar-refractivity contribution is -0.136. The second kappa shape index (κ2) is 7.83. The number of anilines is 1. The molecule has 0 aliphatic heterocycles. The predicted molar refractivity (Wildman–Crippen MR) is 90.8 cm³/mol. The Morgan fingerprint density at radius 3 is 2.33 bits per heavy atom. The van der Waals surface area contributed by atoms with Crippen molar-refractivity contribution < 1.29 is 23.1 Å². The van der Waals surface area contributed by atoms with Gasteiger partial charge in [-0.25, -0.2) is 8.42 Å². The second-order valence-electron chi connectivity index (χ2n) is 4.93. The van der Waals surface area contributed by atoms with Gasteiger partial charge in [-0.15, -0.1) is 0 Å². The third kappa shape index (κ3) is 4.05. The van der Waals surface area contributed by atoms with Crippen LogP contribution in [0.3, 0.4) is 0 Å². The molecule has 0 spiro atoms. The molecular weight excluding hydrogens is 330 g/mol. The minimum atomic E-state index is -3.90. The summed E-state index contributed by atoms with van der Waals surface area (Å²) in [6, 6.07) is 14.6. The summed E-state index contributed by atoms with van der Waals surface area (Å²) in [4.78, 5) is 11.1. The van der Waals surface area contributed by atoms with Crippen molar-refractivity contribution in [3.8, 4) is 5.75 Å². The Morgan fingerprint density at radius 2 is 1.71 bits per heavy atom. The smallest absolute Gasteiger partial charge is 0.305 e. The van der Waals surface area contributed by atoms with Crippen LogP contribution in [0, 0.1) is 0 Å². The number of ether oxygens (including phenoxy) is 1. The fourth-order valence-corrected chi connectivity index (χ4v) is 3.72. The van der Waals surface area contributed by atoms with Crippen molar-refractivity contribution >= 4 is 21.7 Å². The highest BCUT2D eigenvalue weighted by Gasteiger charge is 2.27. The van der Waals surface area contributed by atoms with E-state index in [1.54, 1.807) is 49.4 Å². The molecule has 2 rings (SSSR count). The average Bonchev–Trinajstić information content (AvgIpc) is 2.57. The van der Waals surface area contributed by atoms with Crippen LogP contribution < -0.4 is 9.04 Å². The van der Waals surface area contributed by atoms with Gasteiger partial charge in [-0.05, 0) is 31.2 Å². The molecule has 0 unspecified atom stereocenters. The Bertz CT molecular complexity index is 790. The standard InChI is InChI=1S/C17H19NO5S/c1-2-23-16-11-7-6-10-15(16)18(13-12-17(19)20)24(21,22)14-8-4-3-5-9-14/h3-11H,2,12-13H2,1H3,(H,19,20). The van der Waals surface area contributed by atoms with Gasteiger partial charge in [-0.1, -0.05) is 30.3 Å². The number of carboxylic acids is 1. The molecule has 0 fully saturated rings. The SMILES string of the molecule is CCOc1ccccc1N(CCC(=O)O)S(=O)(=O)c1ccccc1. The second-order valence-corrected chi connectivity index (χ2v) is 6.80. The van der Waals surface area contributed by atoms with Crippen LogP contribution in [0.1, 0.15) is 13.3 Å². The Labute approximate surface area is 141 Å². The summed E-state index contributed by atoms with van der Waals surface area (Å²) in [5, 5.41) is 8.97. The van der Waals surface area contributed by atoms with Gasteiger partial charge < -0.3 is 9.84 Å². The van der Waals surface area contributed by atoms with E-state index in [-0.39, 0.29) is 17.9 Å². The van der Waals surface area contributed by atoms with Crippen molar-refractivity contribution in [1.82, 2.24) is 0 Å². The first-order valence-electron chi connectivity index (χ1n) is 7.48. The van der Waals surface area contributed by atoms with Crippen molar-refractivity contribution in [2.45, 2.75) is 18.2 Å². The summed E-state index contributed by atoms with van der Waals surface area (Å²) in [6.45, 7) is 1.98. The van der Waals surface area contributed by atoms with Crippen LogP contribution >= 0.6 is 0 Å². The molecule has 0 radical (unpaired) electrons. The largest absolute Gasteiger partial charge is 0.492 e. The first-order chi connectivity index (χ1) is 11.5. The predicted octanol–water partition coefficient (Wildman–Crippen LogP) is 2.76. The van der Waals surface area contributed by atoms with Crippen LogP contribution in [0.5, 0.6) is 5.75 Å². The average molecular weight is 349 g/mol. The van der Waals surface area contributed by atoms with E-state index in [2.05, 4.69) is 0 Å². The number of aliphatic carboxylic acids is 1. The van der Waals surface area contributed by atoms with Crippen molar-refractivity contribution in [3.05, 3.63) is 54.6 Å². The summed E-state index contributed by atoms with van der Waals surface area (Å²) in [5.41, 5.74) is 0.324. The molecule has 2 aromatic carbocycles. The Hall–Kier alpha value is -2.54. The van der Waals surface area contributed by atoms with Gasteiger partial charge in [0, 0.05) is 6.54 Å². The van der Waals surface area contributed by atoms with Crippen LogP contribution in [0.15, 0.2) is 59.5 Å². The number of carbonyl (C=O) groups is 1. The van der Waals surface area contributed by atoms with E-state index in [1.165, 1.54) is 12.1 Å². The quantitative estimate of drug-likeness (QED) is 0.792. The van der Waals surface area contributed by atoms with Gasteiger partial charge >= 0.3 is 5.97 Å². The number of para-hydroxylation sites is 2. The molecule has 0 saturated heterocycles. The molecule has 0 atom stereocenters. The molecule has 0 saturated carbocycles. The van der Waals surface area contributed by atoms with Gasteiger partial charge in [0.2, 0.25) is 0 Å². The first-order valence-corrected chi connectivity index (χ1v) is 8.92. The summed E-state index contributed by atoms with van der Waals surface area (Å²) in [5.74, 6) is -0.679. The summed E-state index contributed by atoms with van der Waals surface area (Å²) in [7, 11) is -3.90. The van der Waals surface area contributed by atoms with Gasteiger partial charge in [0.15, 0.2) is 0 Å². The molecule has 0 amide bonds. The number of carboxylic acid groups (broad SMARTS) is 1. The van der Waals surface area contributed by atoms with Gasteiger partial charge in [0.25, 0.3) is 10.0 Å². The fraction of sp³-hybridized carbons (Fsp3) is 0.235. The van der Waals surface area contributed by atoms with Crippen LogP contribution in [0.2, 0.25) is 0 Å². The number of rotatable bonds is 8. The van der Waals surface area contributed by atoms with E-state index in [0.717, 1.165) is 4.31 Å². The van der Waals surface area contributed by atoms with Gasteiger partial charge in [0.05, 0.1) is 23.6 Å². The molecule has 6 nitrogen and oxygen atoms in total. The summed E-state index contributed by atoms with van der Waals surface area (Å²) < 4.78 is 32.5. The molecule has 128 valence electrons. The molecule has 0 aliphatic rings.